The lowest BCUT2D eigenvalue weighted by atomic mass is 10.1. The number of hydrogen-bond donors (Lipinski definition) is 0. The van der Waals surface area contributed by atoms with Gasteiger partial charge in [-0.15, -0.1) is 11.3 Å². The first-order valence-corrected chi connectivity index (χ1v) is 11.5. The Morgan fingerprint density at radius 2 is 1.82 bits per heavy atom. The molecule has 4 rings (SSSR count). The van der Waals surface area contributed by atoms with Crippen LogP contribution in [0.1, 0.15) is 26.6 Å². The van der Waals surface area contributed by atoms with E-state index in [1.165, 1.54) is 24.3 Å². The van der Waals surface area contributed by atoms with Gasteiger partial charge in [-0.25, -0.2) is 9.37 Å². The number of benzene rings is 2. The van der Waals surface area contributed by atoms with Gasteiger partial charge < -0.3 is 14.5 Å². The fourth-order valence-electron chi connectivity index (χ4n) is 3.52. The number of hydrogen-bond acceptors (Lipinski definition) is 5. The van der Waals surface area contributed by atoms with E-state index in [1.807, 2.05) is 36.6 Å². The summed E-state index contributed by atoms with van der Waals surface area (Å²) >= 11 is 1.59. The van der Waals surface area contributed by atoms with Gasteiger partial charge in [-0.05, 0) is 55.0 Å². The summed E-state index contributed by atoms with van der Waals surface area (Å²) in [7, 11) is 0. The van der Waals surface area contributed by atoms with E-state index in [4.69, 9.17) is 4.74 Å². The number of amides is 2. The van der Waals surface area contributed by atoms with Crippen molar-refractivity contribution in [1.29, 1.82) is 0 Å². The molecule has 1 aliphatic heterocycles. The molecular weight excluding hydrogens is 441 g/mol. The number of thiazole rings is 1. The maximum absolute atomic E-state index is 13.1. The zero-order chi connectivity index (χ0) is 23.2. The second kappa shape index (κ2) is 10.4. The van der Waals surface area contributed by atoms with Crippen molar-refractivity contribution in [2.24, 2.45) is 0 Å². The summed E-state index contributed by atoms with van der Waals surface area (Å²) in [6.45, 7) is 4.14. The topological polar surface area (TPSA) is 62.7 Å². The predicted molar refractivity (Wildman–Crippen MR) is 126 cm³/mol. The van der Waals surface area contributed by atoms with Crippen LogP contribution < -0.4 is 4.74 Å². The van der Waals surface area contributed by atoms with Crippen molar-refractivity contribution in [2.75, 3.05) is 26.2 Å². The Balaban J connectivity index is 1.28. The smallest absolute Gasteiger partial charge is 0.253 e. The molecule has 0 spiro atoms. The molecule has 0 bridgehead atoms. The molecule has 0 saturated carbocycles. The van der Waals surface area contributed by atoms with E-state index in [1.54, 1.807) is 33.3 Å². The Labute approximate surface area is 195 Å². The van der Waals surface area contributed by atoms with Gasteiger partial charge in [-0.2, -0.15) is 0 Å². The first kappa shape index (κ1) is 22.7. The van der Waals surface area contributed by atoms with Gasteiger partial charge in [-0.1, -0.05) is 12.1 Å². The van der Waals surface area contributed by atoms with Gasteiger partial charge in [0.15, 0.2) is 0 Å². The third-order valence-electron chi connectivity index (χ3n) is 5.30. The van der Waals surface area contributed by atoms with Crippen molar-refractivity contribution in [1.82, 2.24) is 14.8 Å². The van der Waals surface area contributed by atoms with Gasteiger partial charge in [0.1, 0.15) is 18.2 Å². The van der Waals surface area contributed by atoms with Crippen LogP contribution in [0.4, 0.5) is 4.39 Å². The average Bonchev–Trinajstić information content (AvgIpc) is 3.26. The van der Waals surface area contributed by atoms with Crippen LogP contribution in [0.25, 0.3) is 6.08 Å². The van der Waals surface area contributed by atoms with Crippen LogP contribution in [0.15, 0.2) is 60.0 Å². The number of nitrogens with zero attached hydrogens (tertiary/aromatic N) is 3. The summed E-state index contributed by atoms with van der Waals surface area (Å²) in [6, 6.07) is 13.0. The standard InChI is InChI=1S/C25H24FN3O3S/c1-18-27-22(17-33-18)16-32-23-4-2-3-19(15-23)5-10-24(30)28-11-13-29(14-12-28)25(31)20-6-8-21(26)9-7-20/h2-10,15,17H,11-14,16H2,1H3/b10-5+. The Hall–Kier alpha value is -3.52. The fourth-order valence-corrected chi connectivity index (χ4v) is 4.11. The number of halogens is 1. The largest absolute Gasteiger partial charge is 0.487 e. The second-order valence-electron chi connectivity index (χ2n) is 7.68. The Morgan fingerprint density at radius 3 is 2.52 bits per heavy atom. The van der Waals surface area contributed by atoms with Gasteiger partial charge in [0.2, 0.25) is 5.91 Å². The van der Waals surface area contributed by atoms with Crippen LogP contribution in [0, 0.1) is 12.7 Å². The molecule has 0 N–H and O–H groups in total. The number of aromatic nitrogens is 1. The normalized spacial score (nSPS) is 14.0. The SMILES string of the molecule is Cc1nc(COc2cccc(/C=C/C(=O)N3CCN(C(=O)c4ccc(F)cc4)CC3)c2)cs1. The first-order chi connectivity index (χ1) is 16.0. The van der Waals surface area contributed by atoms with Crippen LogP contribution in [-0.2, 0) is 11.4 Å². The zero-order valence-electron chi connectivity index (χ0n) is 18.2. The molecule has 170 valence electrons. The summed E-state index contributed by atoms with van der Waals surface area (Å²) in [5, 5.41) is 2.98. The average molecular weight is 466 g/mol. The molecule has 1 aromatic heterocycles. The van der Waals surface area contributed by atoms with E-state index in [-0.39, 0.29) is 17.6 Å². The van der Waals surface area contributed by atoms with Crippen molar-refractivity contribution in [2.45, 2.75) is 13.5 Å². The molecule has 8 heteroatoms. The van der Waals surface area contributed by atoms with E-state index in [0.717, 1.165) is 16.3 Å². The molecule has 1 aliphatic rings. The molecule has 2 heterocycles. The van der Waals surface area contributed by atoms with Gasteiger partial charge in [0.05, 0.1) is 10.7 Å². The molecule has 0 radical (unpaired) electrons. The van der Waals surface area contributed by atoms with Crippen molar-refractivity contribution < 1.29 is 18.7 Å². The van der Waals surface area contributed by atoms with Crippen LogP contribution in [0.5, 0.6) is 5.75 Å². The zero-order valence-corrected chi connectivity index (χ0v) is 19.1. The Kier molecular flexibility index (Phi) is 7.14. The summed E-state index contributed by atoms with van der Waals surface area (Å²) < 4.78 is 18.9. The molecule has 0 atom stereocenters. The molecule has 1 saturated heterocycles. The van der Waals surface area contributed by atoms with Gasteiger partial charge in [-0.3, -0.25) is 9.59 Å². The lowest BCUT2D eigenvalue weighted by Crippen LogP contribution is -2.50. The van der Waals surface area contributed by atoms with Gasteiger partial charge in [0, 0.05) is 43.2 Å². The van der Waals surface area contributed by atoms with Crippen molar-refractivity contribution in [3.05, 3.63) is 87.6 Å². The van der Waals surface area contributed by atoms with Crippen molar-refractivity contribution >= 4 is 29.2 Å². The summed E-state index contributed by atoms with van der Waals surface area (Å²) in [4.78, 5) is 32.9. The molecule has 2 amide bonds. The van der Waals surface area contributed by atoms with Gasteiger partial charge >= 0.3 is 0 Å². The van der Waals surface area contributed by atoms with E-state index in [9.17, 15) is 14.0 Å². The number of rotatable bonds is 6. The molecule has 6 nitrogen and oxygen atoms in total. The van der Waals surface area contributed by atoms with Crippen LogP contribution in [0.2, 0.25) is 0 Å². The number of carbonyl (C=O) groups is 2. The minimum absolute atomic E-state index is 0.104. The number of ether oxygens (including phenoxy) is 1. The molecule has 3 aromatic rings. The van der Waals surface area contributed by atoms with Crippen LogP contribution in [0.3, 0.4) is 0 Å². The molecule has 1 fully saturated rings. The minimum Gasteiger partial charge on any atom is -0.487 e. The highest BCUT2D eigenvalue weighted by atomic mass is 32.1. The predicted octanol–water partition coefficient (Wildman–Crippen LogP) is 4.17. The third kappa shape index (κ3) is 6.04. The Bertz CT molecular complexity index is 1150. The molecule has 2 aromatic carbocycles. The van der Waals surface area contributed by atoms with E-state index >= 15 is 0 Å². The minimum atomic E-state index is -0.375. The summed E-state index contributed by atoms with van der Waals surface area (Å²) in [5.41, 5.74) is 2.20. The van der Waals surface area contributed by atoms with Crippen molar-refractivity contribution in [3.8, 4) is 5.75 Å². The first-order valence-electron chi connectivity index (χ1n) is 10.6. The number of piperazine rings is 1. The monoisotopic (exact) mass is 465 g/mol. The maximum Gasteiger partial charge on any atom is 0.253 e. The van der Waals surface area contributed by atoms with Crippen LogP contribution >= 0.6 is 11.3 Å². The molecular formula is C25H24FN3O3S. The number of aryl methyl sites for hydroxylation is 1. The summed E-state index contributed by atoms with van der Waals surface area (Å²) in [5.74, 6) is 0.0824. The highest BCUT2D eigenvalue weighted by molar-refractivity contribution is 7.09. The molecule has 0 aliphatic carbocycles. The second-order valence-corrected chi connectivity index (χ2v) is 8.74. The highest BCUT2D eigenvalue weighted by Crippen LogP contribution is 2.17. The van der Waals surface area contributed by atoms with E-state index in [2.05, 4.69) is 4.98 Å². The Morgan fingerprint density at radius 1 is 1.09 bits per heavy atom. The maximum atomic E-state index is 13.1. The lowest BCUT2D eigenvalue weighted by molar-refractivity contribution is -0.127. The van der Waals surface area contributed by atoms with Gasteiger partial charge in [0.25, 0.3) is 5.91 Å². The van der Waals surface area contributed by atoms with Crippen LogP contribution in [-0.4, -0.2) is 52.8 Å². The highest BCUT2D eigenvalue weighted by Gasteiger charge is 2.23. The van der Waals surface area contributed by atoms with Crippen molar-refractivity contribution in [3.63, 3.8) is 0 Å². The van der Waals surface area contributed by atoms with E-state index < -0.39 is 0 Å². The quantitative estimate of drug-likeness (QED) is 0.513. The molecule has 0 unspecified atom stereocenters. The third-order valence-corrected chi connectivity index (χ3v) is 6.12. The molecule has 33 heavy (non-hydrogen) atoms. The fraction of sp³-hybridized carbons (Fsp3) is 0.240. The summed E-state index contributed by atoms with van der Waals surface area (Å²) in [6.07, 6.45) is 3.30. The van der Waals surface area contributed by atoms with E-state index in [0.29, 0.717) is 44.1 Å². The lowest BCUT2D eigenvalue weighted by Gasteiger charge is -2.34. The number of carbonyl (C=O) groups excluding carboxylic acids is 2.